The lowest BCUT2D eigenvalue weighted by atomic mass is 10.1. The molecule has 0 amide bonds. The molecule has 17 heavy (non-hydrogen) atoms. The van der Waals surface area contributed by atoms with E-state index in [1.165, 1.54) is 6.07 Å². The van der Waals surface area contributed by atoms with Crippen molar-refractivity contribution in [2.45, 2.75) is 32.3 Å². The Morgan fingerprint density at radius 3 is 2.88 bits per heavy atom. The van der Waals surface area contributed by atoms with E-state index >= 15 is 0 Å². The summed E-state index contributed by atoms with van der Waals surface area (Å²) in [5.74, 6) is 0.207. The summed E-state index contributed by atoms with van der Waals surface area (Å²) in [7, 11) is 0. The van der Waals surface area contributed by atoms with Crippen molar-refractivity contribution >= 4 is 11.4 Å². The topological polar surface area (TPSA) is 58.3 Å². The number of nitrogens with one attached hydrogen (secondary N) is 1. The fraction of sp³-hybridized carbons (Fsp3) is 0.538. The van der Waals surface area contributed by atoms with Gasteiger partial charge in [-0.25, -0.2) is 4.39 Å². The monoisotopic (exact) mass is 238 g/mol. The summed E-state index contributed by atoms with van der Waals surface area (Å²) in [4.78, 5) is 0. The molecule has 0 heterocycles. The molecule has 0 aromatic heterocycles. The molecular weight excluding hydrogens is 219 g/mol. The molecule has 0 saturated heterocycles. The number of aliphatic hydroxyl groups is 1. The first-order chi connectivity index (χ1) is 8.06. The summed E-state index contributed by atoms with van der Waals surface area (Å²) in [6.07, 6.45) is 2.60. The van der Waals surface area contributed by atoms with Crippen LogP contribution in [0.4, 0.5) is 15.8 Å². The molecule has 4 N–H and O–H groups in total. The van der Waals surface area contributed by atoms with Gasteiger partial charge in [0.05, 0.1) is 17.5 Å². The van der Waals surface area contributed by atoms with Gasteiger partial charge in [-0.1, -0.05) is 0 Å². The lowest BCUT2D eigenvalue weighted by molar-refractivity contribution is 0.178. The number of anilines is 2. The molecule has 1 fully saturated rings. The van der Waals surface area contributed by atoms with Crippen LogP contribution in [-0.2, 0) is 0 Å². The molecule has 3 nitrogen and oxygen atoms in total. The average Bonchev–Trinajstić information content (AvgIpc) is 2.68. The Bertz CT molecular complexity index is 409. The third-order valence-corrected chi connectivity index (χ3v) is 3.43. The highest BCUT2D eigenvalue weighted by molar-refractivity contribution is 5.67. The van der Waals surface area contributed by atoms with Crippen molar-refractivity contribution in [3.8, 4) is 0 Å². The van der Waals surface area contributed by atoms with Gasteiger partial charge in [-0.05, 0) is 49.8 Å². The second-order valence-corrected chi connectivity index (χ2v) is 4.90. The van der Waals surface area contributed by atoms with E-state index in [-0.39, 0.29) is 11.9 Å². The zero-order valence-electron chi connectivity index (χ0n) is 10.0. The van der Waals surface area contributed by atoms with Crippen molar-refractivity contribution in [3.05, 3.63) is 23.5 Å². The molecule has 2 atom stereocenters. The highest BCUT2D eigenvalue weighted by Crippen LogP contribution is 2.27. The molecule has 0 spiro atoms. The number of aliphatic hydroxyl groups excluding tert-OH is 1. The van der Waals surface area contributed by atoms with Gasteiger partial charge in [0.25, 0.3) is 0 Å². The fourth-order valence-corrected chi connectivity index (χ4v) is 2.34. The van der Waals surface area contributed by atoms with E-state index < -0.39 is 0 Å². The smallest absolute Gasteiger partial charge is 0.128 e. The maximum atomic E-state index is 13.2. The van der Waals surface area contributed by atoms with Crippen molar-refractivity contribution < 1.29 is 9.50 Å². The highest BCUT2D eigenvalue weighted by atomic mass is 19.1. The predicted octanol–water partition coefficient (Wildman–Crippen LogP) is 2.29. The summed E-state index contributed by atoms with van der Waals surface area (Å²) in [6, 6.07) is 3.08. The maximum absolute atomic E-state index is 13.2. The second kappa shape index (κ2) is 4.92. The molecule has 1 aliphatic rings. The third-order valence-electron chi connectivity index (χ3n) is 3.43. The Hall–Kier alpha value is -1.29. The summed E-state index contributed by atoms with van der Waals surface area (Å²) >= 11 is 0. The van der Waals surface area contributed by atoms with Crippen LogP contribution in [0.25, 0.3) is 0 Å². The van der Waals surface area contributed by atoms with E-state index in [2.05, 4.69) is 5.32 Å². The van der Waals surface area contributed by atoms with Crippen molar-refractivity contribution in [2.75, 3.05) is 17.6 Å². The Labute approximate surface area is 101 Å². The molecule has 2 unspecified atom stereocenters. The zero-order valence-corrected chi connectivity index (χ0v) is 10.0. The summed E-state index contributed by atoms with van der Waals surface area (Å²) in [5, 5.41) is 12.7. The van der Waals surface area contributed by atoms with Crippen LogP contribution in [0.1, 0.15) is 24.8 Å². The first-order valence-corrected chi connectivity index (χ1v) is 6.04. The number of hydrogen-bond donors (Lipinski definition) is 3. The van der Waals surface area contributed by atoms with Gasteiger partial charge >= 0.3 is 0 Å². The first kappa shape index (κ1) is 12.2. The molecular formula is C13H19FN2O. The van der Waals surface area contributed by atoms with Crippen molar-refractivity contribution in [2.24, 2.45) is 5.92 Å². The summed E-state index contributed by atoms with van der Waals surface area (Å²) < 4.78 is 13.2. The van der Waals surface area contributed by atoms with Crippen LogP contribution in [0.3, 0.4) is 0 Å². The van der Waals surface area contributed by atoms with Gasteiger partial charge in [0.15, 0.2) is 0 Å². The van der Waals surface area contributed by atoms with Crippen LogP contribution >= 0.6 is 0 Å². The largest absolute Gasteiger partial charge is 0.397 e. The average molecular weight is 238 g/mol. The van der Waals surface area contributed by atoms with E-state index in [1.807, 2.05) is 0 Å². The molecule has 1 saturated carbocycles. The number of aryl methyl sites for hydroxylation is 1. The van der Waals surface area contributed by atoms with Gasteiger partial charge < -0.3 is 16.2 Å². The minimum absolute atomic E-state index is 0.158. The quantitative estimate of drug-likeness (QED) is 0.708. The Kier molecular flexibility index (Phi) is 3.52. The molecule has 1 aromatic carbocycles. The van der Waals surface area contributed by atoms with Crippen molar-refractivity contribution in [1.29, 1.82) is 0 Å². The Balaban J connectivity index is 1.97. The third kappa shape index (κ3) is 2.88. The molecule has 0 radical (unpaired) electrons. The lowest BCUT2D eigenvalue weighted by Crippen LogP contribution is -2.13. The Morgan fingerprint density at radius 2 is 2.24 bits per heavy atom. The van der Waals surface area contributed by atoms with Gasteiger partial charge in [0.1, 0.15) is 5.82 Å². The van der Waals surface area contributed by atoms with Gasteiger partial charge in [-0.2, -0.15) is 0 Å². The van der Waals surface area contributed by atoms with Gasteiger partial charge in [-0.15, -0.1) is 0 Å². The number of halogens is 1. The van der Waals surface area contributed by atoms with Crippen LogP contribution in [0.15, 0.2) is 12.1 Å². The number of rotatable bonds is 3. The Morgan fingerprint density at radius 1 is 1.47 bits per heavy atom. The van der Waals surface area contributed by atoms with Crippen LogP contribution in [-0.4, -0.2) is 17.8 Å². The predicted molar refractivity (Wildman–Crippen MR) is 67.4 cm³/mol. The number of nitrogens with two attached hydrogens (primary N) is 1. The lowest BCUT2D eigenvalue weighted by Gasteiger charge is -2.14. The molecule has 0 bridgehead atoms. The van der Waals surface area contributed by atoms with E-state index in [0.717, 1.165) is 31.5 Å². The first-order valence-electron chi connectivity index (χ1n) is 6.04. The van der Waals surface area contributed by atoms with Crippen LogP contribution in [0, 0.1) is 18.7 Å². The highest BCUT2D eigenvalue weighted by Gasteiger charge is 2.22. The number of benzene rings is 1. The summed E-state index contributed by atoms with van der Waals surface area (Å²) in [5.41, 5.74) is 7.56. The van der Waals surface area contributed by atoms with E-state index in [9.17, 15) is 9.50 Å². The standard InChI is InChI=1S/C13H19FN2O/c1-8-4-13(12(15)6-11(8)14)16-7-9-2-3-10(17)5-9/h4,6,9-10,16-17H,2-3,5,7,15H2,1H3. The number of nitrogen functional groups attached to an aromatic ring is 1. The molecule has 1 aromatic rings. The maximum Gasteiger partial charge on any atom is 0.128 e. The number of hydrogen-bond acceptors (Lipinski definition) is 3. The minimum atomic E-state index is -0.274. The zero-order chi connectivity index (χ0) is 12.4. The van der Waals surface area contributed by atoms with Crippen molar-refractivity contribution in [3.63, 3.8) is 0 Å². The van der Waals surface area contributed by atoms with E-state index in [4.69, 9.17) is 5.73 Å². The van der Waals surface area contributed by atoms with E-state index in [0.29, 0.717) is 17.2 Å². The minimum Gasteiger partial charge on any atom is -0.397 e. The fourth-order valence-electron chi connectivity index (χ4n) is 2.34. The van der Waals surface area contributed by atoms with Gasteiger partial charge in [0.2, 0.25) is 0 Å². The normalized spacial score (nSPS) is 23.9. The van der Waals surface area contributed by atoms with Crippen molar-refractivity contribution in [1.82, 2.24) is 0 Å². The van der Waals surface area contributed by atoms with Crippen LogP contribution in [0.2, 0.25) is 0 Å². The SMILES string of the molecule is Cc1cc(NCC2CCC(O)C2)c(N)cc1F. The molecule has 4 heteroatoms. The molecule has 94 valence electrons. The molecule has 0 aliphatic heterocycles. The van der Waals surface area contributed by atoms with Gasteiger partial charge in [-0.3, -0.25) is 0 Å². The van der Waals surface area contributed by atoms with Crippen LogP contribution in [0.5, 0.6) is 0 Å². The van der Waals surface area contributed by atoms with Gasteiger partial charge in [0, 0.05) is 6.54 Å². The summed E-state index contributed by atoms with van der Waals surface area (Å²) in [6.45, 7) is 2.51. The molecule has 1 aliphatic carbocycles. The van der Waals surface area contributed by atoms with E-state index in [1.54, 1.807) is 13.0 Å². The van der Waals surface area contributed by atoms with Crippen LogP contribution < -0.4 is 11.1 Å². The molecule has 2 rings (SSSR count). The second-order valence-electron chi connectivity index (χ2n) is 4.90.